The lowest BCUT2D eigenvalue weighted by Gasteiger charge is -2.07. The first kappa shape index (κ1) is 6.69. The van der Waals surface area contributed by atoms with Crippen LogP contribution in [0.3, 0.4) is 0 Å². The highest BCUT2D eigenvalue weighted by Crippen LogP contribution is 2.36. The van der Waals surface area contributed by atoms with E-state index in [1.165, 1.54) is 16.7 Å². The second kappa shape index (κ2) is 2.25. The van der Waals surface area contributed by atoms with Crippen LogP contribution in [0.15, 0.2) is 40.7 Å². The normalized spacial score (nSPS) is 20.1. The molecule has 2 rings (SSSR count). The number of rotatable bonds is 1. The van der Waals surface area contributed by atoms with Crippen molar-refractivity contribution in [2.75, 3.05) is 0 Å². The van der Waals surface area contributed by atoms with Crippen LogP contribution in [0.25, 0.3) is 0 Å². The molecule has 11 heavy (non-hydrogen) atoms. The van der Waals surface area contributed by atoms with Crippen LogP contribution in [-0.4, -0.2) is 0 Å². The summed E-state index contributed by atoms with van der Waals surface area (Å²) in [4.78, 5) is 0. The fourth-order valence-corrected chi connectivity index (χ4v) is 1.71. The van der Waals surface area contributed by atoms with Gasteiger partial charge in [-0.05, 0) is 35.6 Å². The zero-order valence-electron chi connectivity index (χ0n) is 7.02. The zero-order chi connectivity index (χ0) is 7.84. The Morgan fingerprint density at radius 3 is 3.00 bits per heavy atom. The summed E-state index contributed by atoms with van der Waals surface area (Å²) in [6.07, 6.45) is 7.62. The van der Waals surface area contributed by atoms with Crippen LogP contribution in [0.2, 0.25) is 0 Å². The highest BCUT2D eigenvalue weighted by Gasteiger charge is 2.19. The first-order valence-corrected chi connectivity index (χ1v) is 4.15. The predicted octanol–water partition coefficient (Wildman–Crippen LogP) is 2.99. The summed E-state index contributed by atoms with van der Waals surface area (Å²) in [5.74, 6) is 0.659. The third kappa shape index (κ3) is 0.911. The predicted molar refractivity (Wildman–Crippen MR) is 47.2 cm³/mol. The largest absolute Gasteiger partial charge is 0.116 e. The molecule has 0 aromatic rings. The van der Waals surface area contributed by atoms with Crippen molar-refractivity contribution in [2.24, 2.45) is 5.92 Å². The zero-order valence-corrected chi connectivity index (χ0v) is 7.02. The van der Waals surface area contributed by atoms with Gasteiger partial charge in [-0.1, -0.05) is 19.9 Å². The van der Waals surface area contributed by atoms with E-state index in [2.05, 4.69) is 31.7 Å². The summed E-state index contributed by atoms with van der Waals surface area (Å²) >= 11 is 0. The van der Waals surface area contributed by atoms with Crippen molar-refractivity contribution < 1.29 is 0 Å². The maximum atomic E-state index is 3.25. The van der Waals surface area contributed by atoms with E-state index in [1.807, 2.05) is 6.08 Å². The molecular formula is C11H12. The van der Waals surface area contributed by atoms with Crippen molar-refractivity contribution in [3.05, 3.63) is 40.7 Å². The average molecular weight is 144 g/mol. The van der Waals surface area contributed by atoms with Gasteiger partial charge in [0.15, 0.2) is 0 Å². The smallest absolute Gasteiger partial charge is 0.00529 e. The van der Waals surface area contributed by atoms with Gasteiger partial charge >= 0.3 is 0 Å². The van der Waals surface area contributed by atoms with E-state index in [9.17, 15) is 0 Å². The fourth-order valence-electron chi connectivity index (χ4n) is 1.71. The lowest BCUT2D eigenvalue weighted by atomic mass is 9.97. The molecule has 0 amide bonds. The van der Waals surface area contributed by atoms with Gasteiger partial charge in [-0.25, -0.2) is 0 Å². The van der Waals surface area contributed by atoms with Crippen LogP contribution in [-0.2, 0) is 0 Å². The van der Waals surface area contributed by atoms with Gasteiger partial charge in [0, 0.05) is 5.57 Å². The van der Waals surface area contributed by atoms with E-state index in [0.29, 0.717) is 5.92 Å². The molecule has 0 unspecified atom stereocenters. The van der Waals surface area contributed by atoms with Crippen molar-refractivity contribution >= 4 is 0 Å². The molecule has 2 aliphatic rings. The Bertz CT molecular complexity index is 305. The first-order valence-electron chi connectivity index (χ1n) is 4.15. The maximum absolute atomic E-state index is 3.25. The summed E-state index contributed by atoms with van der Waals surface area (Å²) in [6, 6.07) is 0. The van der Waals surface area contributed by atoms with Crippen LogP contribution in [0.1, 0.15) is 20.3 Å². The van der Waals surface area contributed by atoms with Crippen LogP contribution in [0, 0.1) is 5.92 Å². The summed E-state index contributed by atoms with van der Waals surface area (Å²) in [5.41, 5.74) is 7.57. The van der Waals surface area contributed by atoms with E-state index in [4.69, 9.17) is 0 Å². The monoisotopic (exact) mass is 144 g/mol. The highest BCUT2D eigenvalue weighted by molar-refractivity contribution is 5.57. The Kier molecular flexibility index (Phi) is 1.37. The van der Waals surface area contributed by atoms with Crippen LogP contribution < -0.4 is 0 Å². The Balaban J connectivity index is 2.36. The topological polar surface area (TPSA) is 0 Å². The molecule has 0 nitrogen and oxygen atoms in total. The van der Waals surface area contributed by atoms with Gasteiger partial charge in [0.25, 0.3) is 0 Å². The summed E-state index contributed by atoms with van der Waals surface area (Å²) in [5, 5.41) is 0. The molecule has 56 valence electrons. The fraction of sp³-hybridized carbons (Fsp3) is 0.364. The Labute approximate surface area is 67.6 Å². The molecular weight excluding hydrogens is 132 g/mol. The summed E-state index contributed by atoms with van der Waals surface area (Å²) in [7, 11) is 0. The van der Waals surface area contributed by atoms with Gasteiger partial charge in [0.2, 0.25) is 0 Å². The van der Waals surface area contributed by atoms with E-state index < -0.39 is 0 Å². The SMILES string of the molecule is CC(C)C1=CCC2=C=CC=C21. The first-order chi connectivity index (χ1) is 5.29. The molecule has 0 spiro atoms. The molecule has 0 radical (unpaired) electrons. The van der Waals surface area contributed by atoms with E-state index in [1.54, 1.807) is 0 Å². The minimum atomic E-state index is 0.659. The minimum absolute atomic E-state index is 0.659. The molecule has 0 saturated carbocycles. The van der Waals surface area contributed by atoms with Crippen molar-refractivity contribution in [1.29, 1.82) is 0 Å². The van der Waals surface area contributed by atoms with E-state index in [0.717, 1.165) is 6.42 Å². The quantitative estimate of drug-likeness (QED) is 0.496. The Hall–Kier alpha value is -1.00. The van der Waals surface area contributed by atoms with Crippen molar-refractivity contribution in [2.45, 2.75) is 20.3 Å². The molecule has 2 aliphatic carbocycles. The van der Waals surface area contributed by atoms with Crippen LogP contribution >= 0.6 is 0 Å². The van der Waals surface area contributed by atoms with Crippen molar-refractivity contribution in [1.82, 2.24) is 0 Å². The van der Waals surface area contributed by atoms with E-state index >= 15 is 0 Å². The van der Waals surface area contributed by atoms with Gasteiger partial charge in [0.1, 0.15) is 0 Å². The molecule has 0 heteroatoms. The number of allylic oxidation sites excluding steroid dienone is 5. The second-order valence-corrected chi connectivity index (χ2v) is 3.39. The highest BCUT2D eigenvalue weighted by atomic mass is 14.2. The van der Waals surface area contributed by atoms with Gasteiger partial charge < -0.3 is 0 Å². The molecule has 0 bridgehead atoms. The number of fused-ring (bicyclic) bond motifs is 1. The second-order valence-electron chi connectivity index (χ2n) is 3.39. The Morgan fingerprint density at radius 2 is 2.27 bits per heavy atom. The third-order valence-electron chi connectivity index (χ3n) is 2.29. The number of hydrogen-bond donors (Lipinski definition) is 0. The van der Waals surface area contributed by atoms with Gasteiger partial charge in [-0.2, -0.15) is 0 Å². The van der Waals surface area contributed by atoms with Crippen LogP contribution in [0.4, 0.5) is 0 Å². The molecule has 0 aromatic heterocycles. The van der Waals surface area contributed by atoms with Gasteiger partial charge in [-0.15, -0.1) is 5.73 Å². The van der Waals surface area contributed by atoms with Gasteiger partial charge in [-0.3, -0.25) is 0 Å². The maximum Gasteiger partial charge on any atom is 0.00529 e. The standard InChI is InChI=1S/C11H12/c1-8(2)10-7-6-9-4-3-5-11(9)10/h3,5,7-8H,6H2,1-2H3. The van der Waals surface area contributed by atoms with E-state index in [-0.39, 0.29) is 0 Å². The minimum Gasteiger partial charge on any atom is -0.116 e. The molecule has 0 atom stereocenters. The summed E-state index contributed by atoms with van der Waals surface area (Å²) < 4.78 is 0. The summed E-state index contributed by atoms with van der Waals surface area (Å²) in [6.45, 7) is 4.49. The average Bonchev–Trinajstić information content (AvgIpc) is 2.41. The lowest BCUT2D eigenvalue weighted by molar-refractivity contribution is 0.786. The molecule has 0 aliphatic heterocycles. The van der Waals surface area contributed by atoms with Crippen molar-refractivity contribution in [3.8, 4) is 0 Å². The molecule has 0 aromatic carbocycles. The van der Waals surface area contributed by atoms with Crippen molar-refractivity contribution in [3.63, 3.8) is 0 Å². The molecule has 0 fully saturated rings. The van der Waals surface area contributed by atoms with Gasteiger partial charge in [0.05, 0.1) is 0 Å². The molecule has 0 saturated heterocycles. The Morgan fingerprint density at radius 1 is 1.45 bits per heavy atom. The molecule has 0 heterocycles. The lowest BCUT2D eigenvalue weighted by Crippen LogP contribution is -1.92. The third-order valence-corrected chi connectivity index (χ3v) is 2.29. The molecule has 0 N–H and O–H groups in total. The van der Waals surface area contributed by atoms with Crippen LogP contribution in [0.5, 0.6) is 0 Å². The number of hydrogen-bond acceptors (Lipinski definition) is 0.